The van der Waals surface area contributed by atoms with Crippen molar-refractivity contribution in [3.8, 4) is 0 Å². The summed E-state index contributed by atoms with van der Waals surface area (Å²) in [6.07, 6.45) is -4.88. The molecule has 1 saturated heterocycles. The zero-order valence-electron chi connectivity index (χ0n) is 7.82. The molecule has 1 aliphatic heterocycles. The van der Waals surface area contributed by atoms with Gasteiger partial charge in [0.2, 0.25) is 0 Å². The van der Waals surface area contributed by atoms with Crippen molar-refractivity contribution in [3.05, 3.63) is 0 Å². The number of likely N-dealkylation sites (tertiary alicyclic amines) is 1. The number of hydrogen-bond donors (Lipinski definition) is 5. The Labute approximate surface area is 82.0 Å². The lowest BCUT2D eigenvalue weighted by atomic mass is 10.1. The minimum Gasteiger partial charge on any atom is -0.395 e. The third-order valence-corrected chi connectivity index (χ3v) is 2.45. The minimum atomic E-state index is -1.34. The van der Waals surface area contributed by atoms with Crippen LogP contribution in [-0.4, -0.2) is 81.1 Å². The molecule has 0 aliphatic carbocycles. The first-order valence-electron chi connectivity index (χ1n) is 4.61. The molecular weight excluding hydrogens is 190 g/mol. The zero-order chi connectivity index (χ0) is 10.7. The molecule has 0 radical (unpaired) electrons. The van der Waals surface area contributed by atoms with Gasteiger partial charge in [-0.1, -0.05) is 0 Å². The lowest BCUT2D eigenvalue weighted by Gasteiger charge is -2.21. The third kappa shape index (κ3) is 2.63. The summed E-state index contributed by atoms with van der Waals surface area (Å²) < 4.78 is 0. The van der Waals surface area contributed by atoms with Gasteiger partial charge in [-0.2, -0.15) is 0 Å². The molecule has 4 atom stereocenters. The highest BCUT2D eigenvalue weighted by molar-refractivity contribution is 4.88. The van der Waals surface area contributed by atoms with E-state index < -0.39 is 24.4 Å². The van der Waals surface area contributed by atoms with Crippen molar-refractivity contribution in [1.29, 1.82) is 0 Å². The summed E-state index contributed by atoms with van der Waals surface area (Å²) in [5.41, 5.74) is 0. The van der Waals surface area contributed by atoms with Crippen LogP contribution in [0.25, 0.3) is 0 Å². The van der Waals surface area contributed by atoms with Crippen LogP contribution in [0.15, 0.2) is 0 Å². The predicted molar refractivity (Wildman–Crippen MR) is 47.6 cm³/mol. The second-order valence-electron chi connectivity index (χ2n) is 3.60. The van der Waals surface area contributed by atoms with E-state index in [0.29, 0.717) is 6.54 Å². The molecule has 0 aromatic heterocycles. The van der Waals surface area contributed by atoms with Gasteiger partial charge in [0.05, 0.1) is 18.8 Å². The molecule has 1 rings (SSSR count). The van der Waals surface area contributed by atoms with Crippen molar-refractivity contribution in [3.63, 3.8) is 0 Å². The Kier molecular flexibility index (Phi) is 4.24. The molecule has 0 spiro atoms. The van der Waals surface area contributed by atoms with Gasteiger partial charge in [-0.15, -0.1) is 0 Å². The Hall–Kier alpha value is -0.240. The molecule has 0 aromatic carbocycles. The van der Waals surface area contributed by atoms with Crippen LogP contribution in [0.5, 0.6) is 0 Å². The first-order valence-corrected chi connectivity index (χ1v) is 4.61. The van der Waals surface area contributed by atoms with Crippen LogP contribution in [0.3, 0.4) is 0 Å². The van der Waals surface area contributed by atoms with Crippen molar-refractivity contribution in [2.75, 3.05) is 26.2 Å². The molecule has 5 N–H and O–H groups in total. The van der Waals surface area contributed by atoms with E-state index in [4.69, 9.17) is 5.11 Å². The van der Waals surface area contributed by atoms with E-state index in [2.05, 4.69) is 0 Å². The number of aliphatic hydroxyl groups excluding tert-OH is 5. The lowest BCUT2D eigenvalue weighted by Crippen LogP contribution is -2.43. The van der Waals surface area contributed by atoms with Crippen LogP contribution in [-0.2, 0) is 0 Å². The molecule has 84 valence electrons. The quantitative estimate of drug-likeness (QED) is 0.325. The molecule has 0 unspecified atom stereocenters. The van der Waals surface area contributed by atoms with Crippen molar-refractivity contribution >= 4 is 0 Å². The molecule has 0 amide bonds. The highest BCUT2D eigenvalue weighted by Crippen LogP contribution is 2.12. The average Bonchev–Trinajstić information content (AvgIpc) is 2.21. The maximum Gasteiger partial charge on any atom is 0.110 e. The second kappa shape index (κ2) is 5.01. The first kappa shape index (κ1) is 11.8. The van der Waals surface area contributed by atoms with E-state index in [1.54, 1.807) is 4.90 Å². The maximum atomic E-state index is 9.40. The van der Waals surface area contributed by atoms with E-state index in [-0.39, 0.29) is 19.7 Å². The van der Waals surface area contributed by atoms with Crippen molar-refractivity contribution in [2.24, 2.45) is 0 Å². The Balaban J connectivity index is 2.62. The molecule has 1 heterocycles. The van der Waals surface area contributed by atoms with E-state index in [9.17, 15) is 20.4 Å². The van der Waals surface area contributed by atoms with Gasteiger partial charge < -0.3 is 25.5 Å². The van der Waals surface area contributed by atoms with E-state index in [1.807, 2.05) is 0 Å². The maximum absolute atomic E-state index is 9.40. The van der Waals surface area contributed by atoms with Crippen LogP contribution in [0, 0.1) is 0 Å². The number of nitrogens with zero attached hydrogens (tertiary/aromatic N) is 1. The number of hydrogen-bond acceptors (Lipinski definition) is 6. The molecule has 0 saturated carbocycles. The Morgan fingerprint density at radius 3 is 1.71 bits per heavy atom. The summed E-state index contributed by atoms with van der Waals surface area (Å²) in [6, 6.07) is 0. The molecule has 0 bridgehead atoms. The number of rotatable bonds is 2. The van der Waals surface area contributed by atoms with Crippen LogP contribution >= 0.6 is 0 Å². The second-order valence-corrected chi connectivity index (χ2v) is 3.60. The highest BCUT2D eigenvalue weighted by atomic mass is 16.4. The van der Waals surface area contributed by atoms with Gasteiger partial charge in [-0.05, 0) is 0 Å². The van der Waals surface area contributed by atoms with Crippen molar-refractivity contribution in [2.45, 2.75) is 24.4 Å². The molecule has 6 heteroatoms. The predicted octanol–water partition coefficient (Wildman–Crippen LogP) is -3.26. The molecule has 14 heavy (non-hydrogen) atoms. The van der Waals surface area contributed by atoms with E-state index in [0.717, 1.165) is 0 Å². The molecule has 0 aromatic rings. The van der Waals surface area contributed by atoms with Gasteiger partial charge in [0.1, 0.15) is 12.2 Å². The van der Waals surface area contributed by atoms with Crippen LogP contribution in [0.1, 0.15) is 0 Å². The van der Waals surface area contributed by atoms with Crippen LogP contribution in [0.4, 0.5) is 0 Å². The molecule has 1 fully saturated rings. The summed E-state index contributed by atoms with van der Waals surface area (Å²) in [5, 5.41) is 46.1. The van der Waals surface area contributed by atoms with Gasteiger partial charge in [0, 0.05) is 19.6 Å². The highest BCUT2D eigenvalue weighted by Gasteiger charge is 2.35. The molecular formula is C8H17NO5. The summed E-state index contributed by atoms with van der Waals surface area (Å²) in [5.74, 6) is 0. The van der Waals surface area contributed by atoms with E-state index in [1.165, 1.54) is 0 Å². The molecule has 6 nitrogen and oxygen atoms in total. The Morgan fingerprint density at radius 1 is 0.929 bits per heavy atom. The lowest BCUT2D eigenvalue weighted by molar-refractivity contribution is -0.0894. The SMILES string of the molecule is OCCN1C[C@H](O)[C@@H](O)[C@H](O)[C@@H](O)C1. The summed E-state index contributed by atoms with van der Waals surface area (Å²) in [6.45, 7) is 0.477. The summed E-state index contributed by atoms with van der Waals surface area (Å²) >= 11 is 0. The normalized spacial score (nSPS) is 40.9. The van der Waals surface area contributed by atoms with Gasteiger partial charge in [0.15, 0.2) is 0 Å². The van der Waals surface area contributed by atoms with Crippen LogP contribution < -0.4 is 0 Å². The fraction of sp³-hybridized carbons (Fsp3) is 1.00. The largest absolute Gasteiger partial charge is 0.395 e. The minimum absolute atomic E-state index is 0.0916. The fourth-order valence-corrected chi connectivity index (χ4v) is 1.60. The van der Waals surface area contributed by atoms with Gasteiger partial charge in [-0.3, -0.25) is 4.90 Å². The zero-order valence-corrected chi connectivity index (χ0v) is 7.82. The fourth-order valence-electron chi connectivity index (χ4n) is 1.60. The summed E-state index contributed by atoms with van der Waals surface area (Å²) in [7, 11) is 0. The van der Waals surface area contributed by atoms with Gasteiger partial charge in [-0.25, -0.2) is 0 Å². The monoisotopic (exact) mass is 207 g/mol. The van der Waals surface area contributed by atoms with E-state index >= 15 is 0 Å². The summed E-state index contributed by atoms with van der Waals surface area (Å²) in [4.78, 5) is 1.59. The Bertz CT molecular complexity index is 163. The van der Waals surface area contributed by atoms with Crippen LogP contribution in [0.2, 0.25) is 0 Å². The number of aliphatic hydroxyl groups is 5. The van der Waals surface area contributed by atoms with Gasteiger partial charge in [0.25, 0.3) is 0 Å². The van der Waals surface area contributed by atoms with Crippen molar-refractivity contribution in [1.82, 2.24) is 4.90 Å². The average molecular weight is 207 g/mol. The molecule has 1 aliphatic rings. The van der Waals surface area contributed by atoms with Crippen molar-refractivity contribution < 1.29 is 25.5 Å². The number of β-amino-alcohol motifs (C(OH)–C–C–N with tert-alkyl or cyclic N) is 3. The Morgan fingerprint density at radius 2 is 1.36 bits per heavy atom. The third-order valence-electron chi connectivity index (χ3n) is 2.45. The van der Waals surface area contributed by atoms with Gasteiger partial charge >= 0.3 is 0 Å². The first-order chi connectivity index (χ1) is 6.56. The standard InChI is InChI=1S/C8H17NO5/c10-2-1-9-3-5(11)7(13)8(14)6(12)4-9/h5-8,10-14H,1-4H2/t5-,6-,7+,8+/m0/s1. The smallest absolute Gasteiger partial charge is 0.110 e. The topological polar surface area (TPSA) is 104 Å².